The molecule has 1 unspecified atom stereocenters. The number of hydrogen-bond acceptors (Lipinski definition) is 3. The predicted molar refractivity (Wildman–Crippen MR) is 91.2 cm³/mol. The third-order valence-electron chi connectivity index (χ3n) is 3.31. The summed E-state index contributed by atoms with van der Waals surface area (Å²) in [5.41, 5.74) is 1.67. The molecule has 5 heteroatoms. The lowest BCUT2D eigenvalue weighted by molar-refractivity contribution is -0.122. The molecule has 0 aliphatic heterocycles. The zero-order valence-corrected chi connectivity index (χ0v) is 15.0. The zero-order chi connectivity index (χ0) is 17.6. The molecule has 1 N–H and O–H groups in total. The van der Waals surface area contributed by atoms with Crippen LogP contribution >= 0.6 is 0 Å². The average Bonchev–Trinajstić information content (AvgIpc) is 2.44. The number of carbonyl (C=O) groups is 2. The van der Waals surface area contributed by atoms with E-state index in [0.29, 0.717) is 0 Å². The molecule has 0 radical (unpaired) electrons. The highest BCUT2D eigenvalue weighted by atomic mass is 16.6. The van der Waals surface area contributed by atoms with Crippen LogP contribution in [0.4, 0.5) is 4.79 Å². The van der Waals surface area contributed by atoms with Crippen molar-refractivity contribution in [2.24, 2.45) is 0 Å². The van der Waals surface area contributed by atoms with Gasteiger partial charge in [-0.05, 0) is 39.7 Å². The van der Waals surface area contributed by atoms with Crippen molar-refractivity contribution in [3.63, 3.8) is 0 Å². The largest absolute Gasteiger partial charge is 0.444 e. The van der Waals surface area contributed by atoms with Crippen molar-refractivity contribution >= 4 is 12.0 Å². The lowest BCUT2D eigenvalue weighted by Gasteiger charge is -2.25. The van der Waals surface area contributed by atoms with Gasteiger partial charge in [-0.1, -0.05) is 36.8 Å². The minimum atomic E-state index is -0.574. The number of nitrogens with zero attached hydrogens (tertiary/aromatic N) is 1. The van der Waals surface area contributed by atoms with Gasteiger partial charge in [0, 0.05) is 7.05 Å². The minimum Gasteiger partial charge on any atom is -0.444 e. The maximum atomic E-state index is 12.2. The first-order valence-electron chi connectivity index (χ1n) is 7.92. The van der Waals surface area contributed by atoms with Crippen LogP contribution in [0.5, 0.6) is 0 Å². The molecule has 0 aliphatic carbocycles. The molecule has 0 bridgehead atoms. The minimum absolute atomic E-state index is 0.0305. The first-order chi connectivity index (χ1) is 10.6. The molecule has 0 saturated heterocycles. The predicted octanol–water partition coefficient (Wildman–Crippen LogP) is 3.43. The van der Waals surface area contributed by atoms with Crippen molar-refractivity contribution < 1.29 is 14.3 Å². The highest BCUT2D eigenvalue weighted by Crippen LogP contribution is 2.17. The molecule has 0 spiro atoms. The third kappa shape index (κ3) is 6.72. The Kier molecular flexibility index (Phi) is 6.61. The summed E-state index contributed by atoms with van der Waals surface area (Å²) >= 11 is 0. The topological polar surface area (TPSA) is 58.6 Å². The monoisotopic (exact) mass is 320 g/mol. The molecule has 0 aliphatic rings. The van der Waals surface area contributed by atoms with E-state index in [4.69, 9.17) is 4.74 Å². The summed E-state index contributed by atoms with van der Waals surface area (Å²) < 4.78 is 5.24. The number of aryl methyl sites for hydroxylation is 1. The summed E-state index contributed by atoms with van der Waals surface area (Å²) in [5.74, 6) is -0.203. The van der Waals surface area contributed by atoms with E-state index in [1.165, 1.54) is 10.5 Å². The standard InChI is InChI=1S/C18H28N2O3/c1-7-15(14-10-8-13(2)9-11-14)19-16(21)12-20(6)17(22)23-18(3,4)5/h8-11,15H,7,12H2,1-6H3,(H,19,21). The second kappa shape index (κ2) is 7.99. The Morgan fingerprint density at radius 2 is 1.78 bits per heavy atom. The summed E-state index contributed by atoms with van der Waals surface area (Å²) in [5, 5.41) is 2.96. The molecule has 0 heterocycles. The van der Waals surface area contributed by atoms with Gasteiger partial charge in [-0.25, -0.2) is 4.79 Å². The van der Waals surface area contributed by atoms with Gasteiger partial charge in [-0.3, -0.25) is 4.79 Å². The van der Waals surface area contributed by atoms with E-state index in [2.05, 4.69) is 5.32 Å². The van der Waals surface area contributed by atoms with Gasteiger partial charge in [-0.15, -0.1) is 0 Å². The molecular formula is C18H28N2O3. The van der Waals surface area contributed by atoms with E-state index < -0.39 is 11.7 Å². The number of likely N-dealkylation sites (N-methyl/N-ethyl adjacent to an activating group) is 1. The molecule has 1 aromatic rings. The van der Waals surface area contributed by atoms with Gasteiger partial charge in [0.05, 0.1) is 6.04 Å². The van der Waals surface area contributed by atoms with Gasteiger partial charge in [0.2, 0.25) is 5.91 Å². The fraction of sp³-hybridized carbons (Fsp3) is 0.556. The lowest BCUT2D eigenvalue weighted by atomic mass is 10.0. The number of carbonyl (C=O) groups excluding carboxylic acids is 2. The van der Waals surface area contributed by atoms with Crippen LogP contribution in [0.2, 0.25) is 0 Å². The molecule has 5 nitrogen and oxygen atoms in total. The Morgan fingerprint density at radius 3 is 2.26 bits per heavy atom. The molecule has 2 amide bonds. The Labute approximate surface area is 139 Å². The van der Waals surface area contributed by atoms with Crippen LogP contribution in [0, 0.1) is 6.92 Å². The molecule has 1 rings (SSSR count). The van der Waals surface area contributed by atoms with Crippen LogP contribution in [-0.4, -0.2) is 36.1 Å². The Morgan fingerprint density at radius 1 is 1.22 bits per heavy atom. The molecular weight excluding hydrogens is 292 g/mol. The number of ether oxygens (including phenoxy) is 1. The Balaban J connectivity index is 2.60. The van der Waals surface area contributed by atoms with Gasteiger partial charge in [0.1, 0.15) is 12.1 Å². The summed E-state index contributed by atoms with van der Waals surface area (Å²) in [7, 11) is 1.56. The smallest absolute Gasteiger partial charge is 0.410 e. The van der Waals surface area contributed by atoms with Crippen molar-refractivity contribution in [1.29, 1.82) is 0 Å². The van der Waals surface area contributed by atoms with Crippen LogP contribution in [0.15, 0.2) is 24.3 Å². The zero-order valence-electron chi connectivity index (χ0n) is 15.0. The quantitative estimate of drug-likeness (QED) is 0.904. The van der Waals surface area contributed by atoms with Crippen molar-refractivity contribution in [2.45, 2.75) is 52.7 Å². The van der Waals surface area contributed by atoms with Gasteiger partial charge in [0.15, 0.2) is 0 Å². The number of amides is 2. The lowest BCUT2D eigenvalue weighted by Crippen LogP contribution is -2.41. The maximum absolute atomic E-state index is 12.2. The van der Waals surface area contributed by atoms with Gasteiger partial charge < -0.3 is 15.0 Å². The Hall–Kier alpha value is -2.04. The fourth-order valence-electron chi connectivity index (χ4n) is 2.08. The first kappa shape index (κ1) is 19.0. The van der Waals surface area contributed by atoms with Crippen molar-refractivity contribution in [3.05, 3.63) is 35.4 Å². The third-order valence-corrected chi connectivity index (χ3v) is 3.31. The van der Waals surface area contributed by atoms with Crippen LogP contribution < -0.4 is 5.32 Å². The second-order valence-electron chi connectivity index (χ2n) is 6.78. The van der Waals surface area contributed by atoms with E-state index in [1.54, 1.807) is 27.8 Å². The number of hydrogen-bond donors (Lipinski definition) is 1. The number of benzene rings is 1. The fourth-order valence-corrected chi connectivity index (χ4v) is 2.08. The van der Waals surface area contributed by atoms with Gasteiger partial charge >= 0.3 is 6.09 Å². The second-order valence-corrected chi connectivity index (χ2v) is 6.78. The average molecular weight is 320 g/mol. The van der Waals surface area contributed by atoms with Gasteiger partial charge in [-0.2, -0.15) is 0 Å². The summed E-state index contributed by atoms with van der Waals surface area (Å²) in [6.07, 6.45) is 0.279. The van der Waals surface area contributed by atoms with Gasteiger partial charge in [0.25, 0.3) is 0 Å². The molecule has 1 atom stereocenters. The number of rotatable bonds is 5. The molecule has 128 valence electrons. The maximum Gasteiger partial charge on any atom is 0.410 e. The van der Waals surface area contributed by atoms with Crippen LogP contribution in [0.1, 0.15) is 51.3 Å². The normalized spacial score (nSPS) is 12.4. The van der Waals surface area contributed by atoms with Crippen molar-refractivity contribution in [2.75, 3.05) is 13.6 Å². The van der Waals surface area contributed by atoms with Crippen LogP contribution in [-0.2, 0) is 9.53 Å². The molecule has 0 aromatic heterocycles. The van der Waals surface area contributed by atoms with E-state index in [9.17, 15) is 9.59 Å². The van der Waals surface area contributed by atoms with Crippen molar-refractivity contribution in [1.82, 2.24) is 10.2 Å². The Bertz CT molecular complexity index is 532. The number of nitrogens with one attached hydrogen (secondary N) is 1. The highest BCUT2D eigenvalue weighted by molar-refractivity contribution is 5.82. The summed E-state index contributed by atoms with van der Waals surface area (Å²) in [4.78, 5) is 25.3. The SMILES string of the molecule is CCC(NC(=O)CN(C)C(=O)OC(C)(C)C)c1ccc(C)cc1. The van der Waals surface area contributed by atoms with Crippen LogP contribution in [0.25, 0.3) is 0 Å². The molecule has 23 heavy (non-hydrogen) atoms. The van der Waals surface area contributed by atoms with E-state index in [1.807, 2.05) is 38.1 Å². The van der Waals surface area contributed by atoms with E-state index in [0.717, 1.165) is 12.0 Å². The van der Waals surface area contributed by atoms with Crippen molar-refractivity contribution in [3.8, 4) is 0 Å². The first-order valence-corrected chi connectivity index (χ1v) is 7.92. The van der Waals surface area contributed by atoms with E-state index >= 15 is 0 Å². The highest BCUT2D eigenvalue weighted by Gasteiger charge is 2.22. The molecule has 1 aromatic carbocycles. The van der Waals surface area contributed by atoms with Crippen LogP contribution in [0.3, 0.4) is 0 Å². The molecule has 0 saturated carbocycles. The molecule has 0 fully saturated rings. The summed E-state index contributed by atoms with van der Waals surface area (Å²) in [6, 6.07) is 8.02. The summed E-state index contributed by atoms with van der Waals surface area (Å²) in [6.45, 7) is 9.40. The van der Waals surface area contributed by atoms with E-state index in [-0.39, 0.29) is 18.5 Å².